The van der Waals surface area contributed by atoms with Gasteiger partial charge in [0, 0.05) is 42.2 Å². The van der Waals surface area contributed by atoms with Crippen LogP contribution in [-0.2, 0) is 9.53 Å². The molecule has 0 aromatic carbocycles. The molecular weight excluding hydrogens is 462 g/mol. The molecular formula is C31H43N3O3. The van der Waals surface area contributed by atoms with Gasteiger partial charge in [0.15, 0.2) is 5.78 Å². The summed E-state index contributed by atoms with van der Waals surface area (Å²) in [6, 6.07) is 3.74. The second-order valence-corrected chi connectivity index (χ2v) is 9.80. The summed E-state index contributed by atoms with van der Waals surface area (Å²) in [7, 11) is 1.62. The topological polar surface area (TPSA) is 72.4 Å². The monoisotopic (exact) mass is 505 g/mol. The molecule has 0 atom stereocenters. The molecule has 0 spiro atoms. The molecule has 200 valence electrons. The number of ketones is 1. The third kappa shape index (κ3) is 10.2. The summed E-state index contributed by atoms with van der Waals surface area (Å²) in [4.78, 5) is 34.9. The Labute approximate surface area is 222 Å². The Morgan fingerprint density at radius 2 is 1.68 bits per heavy atom. The van der Waals surface area contributed by atoms with Crippen LogP contribution in [-0.4, -0.2) is 34.5 Å². The minimum absolute atomic E-state index is 0.00186. The predicted molar refractivity (Wildman–Crippen MR) is 156 cm³/mol. The van der Waals surface area contributed by atoms with Crippen molar-refractivity contribution in [3.8, 4) is 0 Å². The smallest absolute Gasteiger partial charge is 0.415 e. The first-order valence-electron chi connectivity index (χ1n) is 12.8. The van der Waals surface area contributed by atoms with E-state index in [9.17, 15) is 9.59 Å². The highest BCUT2D eigenvalue weighted by molar-refractivity contribution is 5.98. The Kier molecular flexibility index (Phi) is 12.7. The lowest BCUT2D eigenvalue weighted by molar-refractivity contribution is -0.115. The van der Waals surface area contributed by atoms with E-state index in [1.54, 1.807) is 37.7 Å². The van der Waals surface area contributed by atoms with E-state index in [2.05, 4.69) is 37.0 Å². The normalized spacial score (nSPS) is 11.9. The Morgan fingerprint density at radius 3 is 2.22 bits per heavy atom. The number of amides is 1. The van der Waals surface area contributed by atoms with Crippen molar-refractivity contribution in [3.05, 3.63) is 72.8 Å². The molecule has 6 nitrogen and oxygen atoms in total. The van der Waals surface area contributed by atoms with Crippen LogP contribution in [0.15, 0.2) is 67.1 Å². The van der Waals surface area contributed by atoms with Crippen molar-refractivity contribution in [2.24, 2.45) is 0 Å². The summed E-state index contributed by atoms with van der Waals surface area (Å²) < 4.78 is 5.41. The average molecular weight is 506 g/mol. The third-order valence-electron chi connectivity index (χ3n) is 5.41. The molecule has 0 saturated carbocycles. The third-order valence-corrected chi connectivity index (χ3v) is 5.41. The van der Waals surface area contributed by atoms with Gasteiger partial charge in [-0.25, -0.2) is 9.78 Å². The van der Waals surface area contributed by atoms with Gasteiger partial charge in [-0.05, 0) is 70.4 Å². The Balaban J connectivity index is 0.00000159. The molecule has 0 saturated heterocycles. The summed E-state index contributed by atoms with van der Waals surface area (Å²) in [6.45, 7) is 21.2. The number of pyridine rings is 2. The van der Waals surface area contributed by atoms with Crippen molar-refractivity contribution in [1.82, 2.24) is 9.97 Å². The molecule has 37 heavy (non-hydrogen) atoms. The van der Waals surface area contributed by atoms with E-state index >= 15 is 0 Å². The summed E-state index contributed by atoms with van der Waals surface area (Å²) in [5.74, 6) is 0.477. The molecule has 0 aliphatic rings. The largest absolute Gasteiger partial charge is 0.443 e. The van der Waals surface area contributed by atoms with E-state index in [-0.39, 0.29) is 5.78 Å². The number of aromatic nitrogens is 2. The first-order valence-corrected chi connectivity index (χ1v) is 12.8. The fraction of sp³-hybridized carbons (Fsp3) is 0.419. The minimum atomic E-state index is -0.589. The SMILES string of the molecule is C=CCCC(=O)C(=C)/C=C(C)\C(=C/C)c1cc2cnc(N(C)C(=O)OC(C)(C)C)cc2cn1.CCCC. The first-order chi connectivity index (χ1) is 17.4. The molecule has 0 aliphatic carbocycles. The molecule has 2 aromatic rings. The van der Waals surface area contributed by atoms with E-state index < -0.39 is 11.7 Å². The van der Waals surface area contributed by atoms with Crippen molar-refractivity contribution in [2.75, 3.05) is 11.9 Å². The van der Waals surface area contributed by atoms with Crippen molar-refractivity contribution in [3.63, 3.8) is 0 Å². The van der Waals surface area contributed by atoms with Gasteiger partial charge >= 0.3 is 6.09 Å². The van der Waals surface area contributed by atoms with E-state index in [0.717, 1.165) is 27.6 Å². The highest BCUT2D eigenvalue weighted by atomic mass is 16.6. The van der Waals surface area contributed by atoms with Crippen molar-refractivity contribution in [2.45, 2.75) is 79.8 Å². The van der Waals surface area contributed by atoms with Crippen molar-refractivity contribution >= 4 is 34.0 Å². The van der Waals surface area contributed by atoms with Gasteiger partial charge in [-0.15, -0.1) is 6.58 Å². The zero-order valence-electron chi connectivity index (χ0n) is 23.9. The van der Waals surface area contributed by atoms with Gasteiger partial charge < -0.3 is 4.74 Å². The highest BCUT2D eigenvalue weighted by Gasteiger charge is 2.21. The lowest BCUT2D eigenvalue weighted by Crippen LogP contribution is -2.34. The number of fused-ring (bicyclic) bond motifs is 1. The molecule has 2 heterocycles. The summed E-state index contributed by atoms with van der Waals surface area (Å²) >= 11 is 0. The molecule has 0 bridgehead atoms. The fourth-order valence-corrected chi connectivity index (χ4v) is 3.17. The van der Waals surface area contributed by atoms with E-state index in [1.807, 2.05) is 46.8 Å². The molecule has 1 amide bonds. The number of carbonyl (C=O) groups excluding carboxylic acids is 2. The molecule has 0 unspecified atom stereocenters. The maximum atomic E-state index is 12.3. The number of anilines is 1. The van der Waals surface area contributed by atoms with Crippen LogP contribution >= 0.6 is 0 Å². The van der Waals surface area contributed by atoms with Gasteiger partial charge in [0.2, 0.25) is 0 Å². The van der Waals surface area contributed by atoms with Crippen LogP contribution in [0.3, 0.4) is 0 Å². The van der Waals surface area contributed by atoms with E-state index in [0.29, 0.717) is 24.2 Å². The van der Waals surface area contributed by atoms with E-state index in [4.69, 9.17) is 4.74 Å². The van der Waals surface area contributed by atoms with Crippen LogP contribution in [0.4, 0.5) is 10.6 Å². The maximum Gasteiger partial charge on any atom is 0.415 e. The Hall–Kier alpha value is -3.54. The van der Waals surface area contributed by atoms with Crippen LogP contribution in [0, 0.1) is 0 Å². The summed E-state index contributed by atoms with van der Waals surface area (Å²) in [5.41, 5.74) is 2.44. The van der Waals surface area contributed by atoms with Gasteiger partial charge in [0.1, 0.15) is 11.4 Å². The summed E-state index contributed by atoms with van der Waals surface area (Å²) in [6.07, 6.45) is 12.1. The van der Waals surface area contributed by atoms with Crippen molar-refractivity contribution in [1.29, 1.82) is 0 Å². The lowest BCUT2D eigenvalue weighted by atomic mass is 9.98. The lowest BCUT2D eigenvalue weighted by Gasteiger charge is -2.24. The first kappa shape index (κ1) is 31.5. The van der Waals surface area contributed by atoms with Crippen LogP contribution in [0.2, 0.25) is 0 Å². The Morgan fingerprint density at radius 1 is 1.08 bits per heavy atom. The van der Waals surface area contributed by atoms with Crippen LogP contribution < -0.4 is 4.90 Å². The number of unbranched alkanes of at least 4 members (excludes halogenated alkanes) is 1. The number of Topliss-reactive ketones (excluding diaryl/α,β-unsaturated/α-hetero) is 1. The molecule has 0 aliphatic heterocycles. The van der Waals surface area contributed by atoms with Gasteiger partial charge in [0.05, 0.1) is 5.69 Å². The molecule has 2 aromatic heterocycles. The number of nitrogens with zero attached hydrogens (tertiary/aromatic N) is 3. The second-order valence-electron chi connectivity index (χ2n) is 9.80. The van der Waals surface area contributed by atoms with Gasteiger partial charge in [-0.2, -0.15) is 0 Å². The zero-order chi connectivity index (χ0) is 28.2. The van der Waals surface area contributed by atoms with Crippen LogP contribution in [0.25, 0.3) is 16.3 Å². The van der Waals surface area contributed by atoms with Crippen molar-refractivity contribution < 1.29 is 14.3 Å². The summed E-state index contributed by atoms with van der Waals surface area (Å²) in [5, 5.41) is 1.73. The van der Waals surface area contributed by atoms with Crippen LogP contribution in [0.5, 0.6) is 0 Å². The van der Waals surface area contributed by atoms with E-state index in [1.165, 1.54) is 17.7 Å². The Bertz CT molecular complexity index is 1170. The molecule has 0 radical (unpaired) electrons. The number of carbonyl (C=O) groups is 2. The van der Waals surface area contributed by atoms with Gasteiger partial charge in [-0.3, -0.25) is 14.7 Å². The number of allylic oxidation sites excluding steroid dienone is 6. The quantitative estimate of drug-likeness (QED) is 0.195. The maximum absolute atomic E-state index is 12.3. The van der Waals surface area contributed by atoms with Crippen LogP contribution in [0.1, 0.15) is 79.8 Å². The molecule has 2 rings (SSSR count). The van der Waals surface area contributed by atoms with Gasteiger partial charge in [0.25, 0.3) is 0 Å². The number of ether oxygens (including phenoxy) is 1. The average Bonchev–Trinajstić information content (AvgIpc) is 2.85. The predicted octanol–water partition coefficient (Wildman–Crippen LogP) is 8.25. The molecule has 6 heteroatoms. The zero-order valence-corrected chi connectivity index (χ0v) is 23.9. The second kappa shape index (κ2) is 14.9. The minimum Gasteiger partial charge on any atom is -0.443 e. The molecule has 0 N–H and O–H groups in total. The fourth-order valence-electron chi connectivity index (χ4n) is 3.17. The molecule has 0 fully saturated rings. The number of hydrogen-bond acceptors (Lipinski definition) is 5. The number of rotatable bonds is 9. The van der Waals surface area contributed by atoms with Gasteiger partial charge in [-0.1, -0.05) is 45.4 Å². The highest BCUT2D eigenvalue weighted by Crippen LogP contribution is 2.27. The number of hydrogen-bond donors (Lipinski definition) is 0. The standard InChI is InChI=1S/C27H33N3O3.C4H10/c1-9-11-12-24(31)19(4)13-18(3)22(10-2)23-14-20-17-29-25(15-21(20)16-28-23)30(8)26(32)33-27(5,6)7;1-3-4-2/h9-10,13-17H,1,4,11-12H2,2-3,5-8H3;3-4H2,1-2H3/b18-13-,22-10+;.